The predicted octanol–water partition coefficient (Wildman–Crippen LogP) is 4.76. The Balaban J connectivity index is 1.84. The van der Waals surface area contributed by atoms with E-state index in [0.29, 0.717) is 11.6 Å². The predicted molar refractivity (Wildman–Crippen MR) is 107 cm³/mol. The third-order valence-electron chi connectivity index (χ3n) is 5.17. The number of β-amino-alcohol motifs (C(OH)–C–C–N with tert-alkyl or cyclic N) is 1. The van der Waals surface area contributed by atoms with Gasteiger partial charge in [0.2, 0.25) is 0 Å². The smallest absolute Gasteiger partial charge is 0.391 e. The Kier molecular flexibility index (Phi) is 5.46. The highest BCUT2D eigenvalue weighted by molar-refractivity contribution is 7.92. The van der Waals surface area contributed by atoms with Gasteiger partial charge in [0.15, 0.2) is 0 Å². The highest BCUT2D eigenvalue weighted by atomic mass is 32.2. The monoisotopic (exact) mass is 469 g/mol. The molecule has 0 bridgehead atoms. The van der Waals surface area contributed by atoms with Gasteiger partial charge in [0.1, 0.15) is 11.6 Å². The Bertz CT molecular complexity index is 1290. The summed E-state index contributed by atoms with van der Waals surface area (Å²) in [5.41, 5.74) is -0.572. The van der Waals surface area contributed by atoms with Gasteiger partial charge in [-0.2, -0.15) is 13.2 Å². The molecule has 1 aliphatic rings. The number of aliphatic hydroxyl groups is 1. The molecule has 0 radical (unpaired) electrons. The molecule has 0 amide bonds. The van der Waals surface area contributed by atoms with Gasteiger partial charge in [0.25, 0.3) is 10.0 Å². The molecule has 0 unspecified atom stereocenters. The third kappa shape index (κ3) is 4.07. The zero-order valence-corrected chi connectivity index (χ0v) is 17.1. The van der Waals surface area contributed by atoms with Gasteiger partial charge in [-0.15, -0.1) is 0 Å². The number of hydrogen-bond donors (Lipinski definition) is 1. The summed E-state index contributed by atoms with van der Waals surface area (Å²) in [5, 5.41) is 10.2. The molecule has 10 heteroatoms. The van der Waals surface area contributed by atoms with E-state index < -0.39 is 50.9 Å². The van der Waals surface area contributed by atoms with Crippen LogP contribution in [0.3, 0.4) is 0 Å². The number of anilines is 1. The maximum atomic E-state index is 14.3. The van der Waals surface area contributed by atoms with Crippen LogP contribution in [0.1, 0.15) is 11.1 Å². The van der Waals surface area contributed by atoms with Crippen LogP contribution >= 0.6 is 0 Å². The van der Waals surface area contributed by atoms with E-state index in [1.165, 1.54) is 18.2 Å². The number of nitrogens with zero attached hydrogens (tertiary/aromatic N) is 1. The van der Waals surface area contributed by atoms with Gasteiger partial charge in [-0.05, 0) is 53.6 Å². The van der Waals surface area contributed by atoms with Crippen molar-refractivity contribution in [3.8, 4) is 11.1 Å². The van der Waals surface area contributed by atoms with Gasteiger partial charge in [0.05, 0.1) is 28.8 Å². The molecular weight excluding hydrogens is 453 g/mol. The van der Waals surface area contributed by atoms with Crippen LogP contribution in [0, 0.1) is 11.6 Å². The molecule has 0 saturated carbocycles. The molecule has 1 heterocycles. The average Bonchev–Trinajstić information content (AvgIpc) is 2.74. The topological polar surface area (TPSA) is 57.6 Å². The lowest BCUT2D eigenvalue weighted by molar-refractivity contribution is -0.137. The molecule has 0 spiro atoms. The number of aliphatic hydroxyl groups excluding tert-OH is 1. The van der Waals surface area contributed by atoms with E-state index in [9.17, 15) is 35.5 Å². The van der Waals surface area contributed by atoms with E-state index in [2.05, 4.69) is 0 Å². The summed E-state index contributed by atoms with van der Waals surface area (Å²) in [6.45, 7) is -0.402. The first-order valence-corrected chi connectivity index (χ1v) is 10.9. The maximum absolute atomic E-state index is 14.3. The normalized spacial score (nSPS) is 16.7. The second-order valence-corrected chi connectivity index (χ2v) is 9.25. The quantitative estimate of drug-likeness (QED) is 0.563. The summed E-state index contributed by atoms with van der Waals surface area (Å²) in [7, 11) is -4.50. The van der Waals surface area contributed by atoms with Crippen LogP contribution in [0.15, 0.2) is 65.6 Å². The van der Waals surface area contributed by atoms with E-state index in [0.717, 1.165) is 40.7 Å². The van der Waals surface area contributed by atoms with E-state index in [1.54, 1.807) is 0 Å². The van der Waals surface area contributed by atoms with Gasteiger partial charge >= 0.3 is 6.18 Å². The summed E-state index contributed by atoms with van der Waals surface area (Å²) in [4.78, 5) is -0.602. The number of fused-ring (bicyclic) bond motifs is 1. The minimum absolute atomic E-state index is 0.0777. The molecule has 168 valence electrons. The number of sulfonamides is 1. The van der Waals surface area contributed by atoms with E-state index >= 15 is 0 Å². The van der Waals surface area contributed by atoms with Crippen molar-refractivity contribution in [3.63, 3.8) is 0 Å². The van der Waals surface area contributed by atoms with Crippen LogP contribution < -0.4 is 4.31 Å². The molecule has 32 heavy (non-hydrogen) atoms. The summed E-state index contributed by atoms with van der Waals surface area (Å²) < 4.78 is 94.5. The largest absolute Gasteiger partial charge is 0.416 e. The Morgan fingerprint density at radius 1 is 0.969 bits per heavy atom. The van der Waals surface area contributed by atoms with Gasteiger partial charge in [-0.3, -0.25) is 4.31 Å². The standard InChI is InChI=1S/C22H16F5NO3S/c23-16-6-7-20(24)19(11-16)13-4-5-14-8-17(29)12-28(21(14)9-13)32(30,31)18-3-1-2-15(10-18)22(25,26)27/h1-7,9-11,17,29H,8,12H2/t17-/m0/s1. The van der Waals surface area contributed by atoms with Crippen LogP contribution in [0.4, 0.5) is 27.6 Å². The van der Waals surface area contributed by atoms with Crippen molar-refractivity contribution in [1.82, 2.24) is 0 Å². The van der Waals surface area contributed by atoms with Gasteiger partial charge < -0.3 is 5.11 Å². The average molecular weight is 469 g/mol. The lowest BCUT2D eigenvalue weighted by Gasteiger charge is -2.33. The molecule has 1 N–H and O–H groups in total. The van der Waals surface area contributed by atoms with E-state index in [4.69, 9.17) is 0 Å². The second-order valence-electron chi connectivity index (χ2n) is 7.39. The van der Waals surface area contributed by atoms with E-state index in [-0.39, 0.29) is 23.2 Å². The lowest BCUT2D eigenvalue weighted by Crippen LogP contribution is -2.42. The number of benzene rings is 3. The van der Waals surface area contributed by atoms with Crippen LogP contribution in [0.5, 0.6) is 0 Å². The van der Waals surface area contributed by atoms with Crippen LogP contribution in [0.2, 0.25) is 0 Å². The van der Waals surface area contributed by atoms with Crippen molar-refractivity contribution in [2.24, 2.45) is 0 Å². The number of rotatable bonds is 3. The molecule has 0 aliphatic carbocycles. The third-order valence-corrected chi connectivity index (χ3v) is 6.95. The van der Waals surface area contributed by atoms with Crippen molar-refractivity contribution < 1.29 is 35.5 Å². The second kappa shape index (κ2) is 7.86. The fraction of sp³-hybridized carbons (Fsp3) is 0.182. The Morgan fingerprint density at radius 2 is 1.72 bits per heavy atom. The summed E-state index contributed by atoms with van der Waals surface area (Å²) in [6.07, 6.45) is -5.75. The molecule has 1 atom stereocenters. The summed E-state index contributed by atoms with van der Waals surface area (Å²) in [5.74, 6) is -1.42. The minimum atomic E-state index is -4.74. The molecule has 0 fully saturated rings. The fourth-order valence-corrected chi connectivity index (χ4v) is 5.23. The van der Waals surface area contributed by atoms with Crippen LogP contribution in [-0.2, 0) is 22.6 Å². The molecule has 4 nitrogen and oxygen atoms in total. The first-order valence-electron chi connectivity index (χ1n) is 9.43. The molecule has 0 saturated heterocycles. The van der Waals surface area contributed by atoms with Crippen LogP contribution in [-0.4, -0.2) is 26.2 Å². The zero-order valence-electron chi connectivity index (χ0n) is 16.3. The lowest BCUT2D eigenvalue weighted by atomic mass is 9.96. The van der Waals surface area contributed by atoms with Gasteiger partial charge in [-0.1, -0.05) is 18.2 Å². The molecule has 1 aliphatic heterocycles. The van der Waals surface area contributed by atoms with Gasteiger partial charge in [-0.25, -0.2) is 17.2 Å². The Hall–Kier alpha value is -2.98. The SMILES string of the molecule is O=S(=O)(c1cccc(C(F)(F)F)c1)N1C[C@@H](O)Cc2ccc(-c3cc(F)ccc3F)cc21. The zero-order chi connectivity index (χ0) is 23.3. The van der Waals surface area contributed by atoms with E-state index in [1.807, 2.05) is 0 Å². The molecule has 3 aromatic rings. The first kappa shape index (κ1) is 22.2. The van der Waals surface area contributed by atoms with Crippen LogP contribution in [0.25, 0.3) is 11.1 Å². The highest BCUT2D eigenvalue weighted by Gasteiger charge is 2.36. The Labute approximate surface area is 180 Å². The molecule has 0 aromatic heterocycles. The summed E-state index contributed by atoms with van der Waals surface area (Å²) >= 11 is 0. The maximum Gasteiger partial charge on any atom is 0.416 e. The number of halogens is 5. The number of hydrogen-bond acceptors (Lipinski definition) is 3. The number of alkyl halides is 3. The Morgan fingerprint density at radius 3 is 2.44 bits per heavy atom. The van der Waals surface area contributed by atoms with Crippen molar-refractivity contribution in [2.75, 3.05) is 10.8 Å². The highest BCUT2D eigenvalue weighted by Crippen LogP contribution is 2.37. The fourth-order valence-electron chi connectivity index (χ4n) is 3.65. The van der Waals surface area contributed by atoms with Gasteiger partial charge in [0, 0.05) is 12.0 Å². The molecule has 3 aromatic carbocycles. The minimum Gasteiger partial charge on any atom is -0.391 e. The molecular formula is C22H16F5NO3S. The van der Waals surface area contributed by atoms with Crippen molar-refractivity contribution in [1.29, 1.82) is 0 Å². The van der Waals surface area contributed by atoms with Crippen molar-refractivity contribution in [3.05, 3.63) is 83.4 Å². The summed E-state index contributed by atoms with van der Waals surface area (Å²) in [6, 6.07) is 10.4. The van der Waals surface area contributed by atoms with Crippen molar-refractivity contribution >= 4 is 15.7 Å². The van der Waals surface area contributed by atoms with Crippen molar-refractivity contribution in [2.45, 2.75) is 23.6 Å². The molecule has 4 rings (SSSR count). The first-order chi connectivity index (χ1) is 15.0.